The zero-order valence-corrected chi connectivity index (χ0v) is 14.7. The number of nitrogens with one attached hydrogen (secondary N) is 1. The lowest BCUT2D eigenvalue weighted by Crippen LogP contribution is -2.39. The van der Waals surface area contributed by atoms with E-state index in [-0.39, 0.29) is 30.3 Å². The number of hydrogen-bond acceptors (Lipinski definition) is 4. The topological polar surface area (TPSA) is 95.2 Å². The van der Waals surface area contributed by atoms with Crippen molar-refractivity contribution in [2.24, 2.45) is 11.7 Å². The number of fused-ring (bicyclic) bond motifs is 1. The highest BCUT2D eigenvalue weighted by molar-refractivity contribution is 5.85. The lowest BCUT2D eigenvalue weighted by molar-refractivity contribution is -0.136. The highest BCUT2D eigenvalue weighted by Gasteiger charge is 2.38. The minimum atomic E-state index is -0.562. The van der Waals surface area contributed by atoms with E-state index in [9.17, 15) is 9.90 Å². The largest absolute Gasteiger partial charge is 0.391 e. The second-order valence-electron chi connectivity index (χ2n) is 6.80. The molecule has 0 spiro atoms. The number of hydrogen-bond donors (Lipinski definition) is 3. The number of halogens is 1. The van der Waals surface area contributed by atoms with Crippen molar-refractivity contribution in [1.29, 1.82) is 0 Å². The first kappa shape index (κ1) is 17.9. The lowest BCUT2D eigenvalue weighted by atomic mass is 9.99. The van der Waals surface area contributed by atoms with Gasteiger partial charge in [0.2, 0.25) is 5.91 Å². The van der Waals surface area contributed by atoms with Crippen molar-refractivity contribution in [2.45, 2.75) is 38.0 Å². The van der Waals surface area contributed by atoms with Crippen molar-refractivity contribution in [3.63, 3.8) is 0 Å². The van der Waals surface area contributed by atoms with Crippen molar-refractivity contribution in [1.82, 2.24) is 15.1 Å². The molecule has 1 saturated carbocycles. The van der Waals surface area contributed by atoms with Gasteiger partial charge in [-0.2, -0.15) is 5.10 Å². The number of nitrogens with two attached hydrogens (primary N) is 1. The van der Waals surface area contributed by atoms with Crippen LogP contribution in [0, 0.1) is 5.92 Å². The average Bonchev–Trinajstić information content (AvgIpc) is 3.18. The summed E-state index contributed by atoms with van der Waals surface area (Å²) in [4.78, 5) is 14.7. The molecule has 2 aliphatic rings. The van der Waals surface area contributed by atoms with Crippen LogP contribution in [0.5, 0.6) is 0 Å². The number of carbonyl (C=O) groups is 1. The van der Waals surface area contributed by atoms with Crippen LogP contribution in [0.4, 0.5) is 0 Å². The van der Waals surface area contributed by atoms with Gasteiger partial charge in [0.15, 0.2) is 0 Å². The van der Waals surface area contributed by atoms with Crippen LogP contribution in [0.2, 0.25) is 0 Å². The molecular weight excluding hydrogens is 340 g/mol. The number of amides is 1. The molecule has 25 heavy (non-hydrogen) atoms. The summed E-state index contributed by atoms with van der Waals surface area (Å²) in [5.74, 6) is -0.0588. The Bertz CT molecular complexity index is 739. The molecule has 0 saturated heterocycles. The maximum absolute atomic E-state index is 12.8. The smallest absolute Gasteiger partial charge is 0.226 e. The molecule has 6 nitrogen and oxygen atoms in total. The number of carbonyl (C=O) groups excluding carboxylic acids is 1. The molecule has 1 aromatic heterocycles. The molecule has 0 unspecified atom stereocenters. The Labute approximate surface area is 152 Å². The Balaban J connectivity index is 0.00000182. The van der Waals surface area contributed by atoms with Crippen molar-refractivity contribution in [3.8, 4) is 11.3 Å². The van der Waals surface area contributed by atoms with Gasteiger partial charge in [-0.05, 0) is 12.8 Å². The third kappa shape index (κ3) is 3.29. The number of H-pyrrole nitrogens is 1. The first-order chi connectivity index (χ1) is 11.6. The number of aliphatic hydroxyl groups is 1. The standard InChI is InChI=1S/C18H22N4O2.ClH/c19-14-8-12(9-16(14)23)18(24)22-7-6-15-13(10-22)17(21-20-15)11-4-2-1-3-5-11;/h1-5,12,14,16,23H,6-10,19H2,(H,20,21);1H/t12-,14-,16-;/m0./s1. The van der Waals surface area contributed by atoms with E-state index in [4.69, 9.17) is 5.73 Å². The van der Waals surface area contributed by atoms with Gasteiger partial charge in [-0.3, -0.25) is 9.89 Å². The SMILES string of the molecule is Cl.N[C@H]1C[C@H](C(=O)N2CCc3[nH]nc(-c4ccccc4)c3C2)C[C@@H]1O. The fraction of sp³-hybridized carbons (Fsp3) is 0.444. The van der Waals surface area contributed by atoms with Crippen LogP contribution < -0.4 is 5.73 Å². The summed E-state index contributed by atoms with van der Waals surface area (Å²) in [6.07, 6.45) is 1.26. The number of benzene rings is 1. The fourth-order valence-electron chi connectivity index (χ4n) is 3.83. The minimum Gasteiger partial charge on any atom is -0.391 e. The third-order valence-electron chi connectivity index (χ3n) is 5.22. The van der Waals surface area contributed by atoms with Gasteiger partial charge >= 0.3 is 0 Å². The van der Waals surface area contributed by atoms with Crippen LogP contribution in [0.1, 0.15) is 24.1 Å². The molecule has 0 bridgehead atoms. The molecule has 0 radical (unpaired) electrons. The molecule has 7 heteroatoms. The Hall–Kier alpha value is -1.89. The number of nitrogens with zero attached hydrogens (tertiary/aromatic N) is 2. The Morgan fingerprint density at radius 1 is 1.28 bits per heavy atom. The molecule has 134 valence electrons. The molecule has 1 fully saturated rings. The van der Waals surface area contributed by atoms with Gasteiger partial charge in [-0.25, -0.2) is 0 Å². The summed E-state index contributed by atoms with van der Waals surface area (Å²) in [5.41, 5.74) is 10.1. The third-order valence-corrected chi connectivity index (χ3v) is 5.22. The van der Waals surface area contributed by atoms with E-state index in [0.717, 1.165) is 28.9 Å². The Kier molecular flexibility index (Phi) is 5.13. The molecule has 2 heterocycles. The number of aliphatic hydroxyl groups excluding tert-OH is 1. The number of aromatic amines is 1. The van der Waals surface area contributed by atoms with E-state index in [1.165, 1.54) is 0 Å². The van der Waals surface area contributed by atoms with Crippen LogP contribution in [0.15, 0.2) is 30.3 Å². The summed E-state index contributed by atoms with van der Waals surface area (Å²) in [6, 6.07) is 9.74. The van der Waals surface area contributed by atoms with E-state index in [1.807, 2.05) is 35.2 Å². The molecule has 1 amide bonds. The summed E-state index contributed by atoms with van der Waals surface area (Å²) in [7, 11) is 0. The molecule has 2 aromatic rings. The monoisotopic (exact) mass is 362 g/mol. The van der Waals surface area contributed by atoms with Gasteiger partial charge in [0.1, 0.15) is 0 Å². The first-order valence-corrected chi connectivity index (χ1v) is 8.47. The zero-order chi connectivity index (χ0) is 16.7. The summed E-state index contributed by atoms with van der Waals surface area (Å²) in [6.45, 7) is 1.25. The minimum absolute atomic E-state index is 0. The van der Waals surface area contributed by atoms with Crippen LogP contribution >= 0.6 is 12.4 Å². The summed E-state index contributed by atoms with van der Waals surface area (Å²) in [5, 5.41) is 17.4. The van der Waals surface area contributed by atoms with E-state index < -0.39 is 6.10 Å². The van der Waals surface area contributed by atoms with Gasteiger partial charge in [0.05, 0.1) is 11.8 Å². The van der Waals surface area contributed by atoms with Crippen LogP contribution in [0.25, 0.3) is 11.3 Å². The molecule has 1 aliphatic carbocycles. The van der Waals surface area contributed by atoms with E-state index in [0.29, 0.717) is 25.9 Å². The molecule has 3 atom stereocenters. The predicted octanol–water partition coefficient (Wildman–Crippen LogP) is 1.48. The van der Waals surface area contributed by atoms with E-state index >= 15 is 0 Å². The van der Waals surface area contributed by atoms with Crippen LogP contribution in [0.3, 0.4) is 0 Å². The Morgan fingerprint density at radius 3 is 2.72 bits per heavy atom. The second-order valence-corrected chi connectivity index (χ2v) is 6.80. The van der Waals surface area contributed by atoms with Crippen LogP contribution in [-0.4, -0.2) is 44.8 Å². The normalized spacial score (nSPS) is 25.4. The van der Waals surface area contributed by atoms with Gasteiger partial charge in [-0.1, -0.05) is 30.3 Å². The highest BCUT2D eigenvalue weighted by Crippen LogP contribution is 2.31. The molecule has 4 rings (SSSR count). The second kappa shape index (κ2) is 7.15. The molecule has 4 N–H and O–H groups in total. The molecule has 1 aromatic carbocycles. The van der Waals surface area contributed by atoms with E-state index in [1.54, 1.807) is 0 Å². The zero-order valence-electron chi connectivity index (χ0n) is 13.9. The molecular formula is C18H23ClN4O2. The number of rotatable bonds is 2. The van der Waals surface area contributed by atoms with Crippen molar-refractivity contribution < 1.29 is 9.90 Å². The molecule has 1 aliphatic heterocycles. The van der Waals surface area contributed by atoms with Gasteiger partial charge < -0.3 is 15.7 Å². The average molecular weight is 363 g/mol. The predicted molar refractivity (Wildman–Crippen MR) is 97.1 cm³/mol. The van der Waals surface area contributed by atoms with Crippen LogP contribution in [-0.2, 0) is 17.8 Å². The maximum Gasteiger partial charge on any atom is 0.226 e. The number of aromatic nitrogens is 2. The lowest BCUT2D eigenvalue weighted by Gasteiger charge is -2.29. The fourth-order valence-corrected chi connectivity index (χ4v) is 3.83. The van der Waals surface area contributed by atoms with Gasteiger partial charge in [0, 0.05) is 48.3 Å². The maximum atomic E-state index is 12.8. The Morgan fingerprint density at radius 2 is 2.04 bits per heavy atom. The van der Waals surface area contributed by atoms with E-state index in [2.05, 4.69) is 10.2 Å². The summed E-state index contributed by atoms with van der Waals surface area (Å²) >= 11 is 0. The quantitative estimate of drug-likeness (QED) is 0.754. The van der Waals surface area contributed by atoms with Gasteiger partial charge in [-0.15, -0.1) is 12.4 Å². The van der Waals surface area contributed by atoms with Crippen molar-refractivity contribution in [3.05, 3.63) is 41.6 Å². The van der Waals surface area contributed by atoms with Crippen molar-refractivity contribution in [2.75, 3.05) is 6.54 Å². The highest BCUT2D eigenvalue weighted by atomic mass is 35.5. The summed E-state index contributed by atoms with van der Waals surface area (Å²) < 4.78 is 0. The first-order valence-electron chi connectivity index (χ1n) is 8.47. The van der Waals surface area contributed by atoms with Crippen molar-refractivity contribution >= 4 is 18.3 Å². The van der Waals surface area contributed by atoms with Gasteiger partial charge in [0.25, 0.3) is 0 Å².